The van der Waals surface area contributed by atoms with Gasteiger partial charge in [0.15, 0.2) is 0 Å². The molecule has 0 aliphatic heterocycles. The topological polar surface area (TPSA) is 40.9 Å². The van der Waals surface area contributed by atoms with E-state index in [0.717, 1.165) is 0 Å². The van der Waals surface area contributed by atoms with Crippen LogP contribution in [-0.4, -0.2) is 5.91 Å². The van der Waals surface area contributed by atoms with Gasteiger partial charge in [-0.05, 0) is 6.07 Å². The van der Waals surface area contributed by atoms with Gasteiger partial charge in [-0.2, -0.15) is 0 Å². The molecule has 0 aliphatic rings. The van der Waals surface area contributed by atoms with Crippen LogP contribution >= 0.6 is 11.6 Å². The Balaban J connectivity index is 0.000001000. The number of benzene rings is 1. The van der Waals surface area contributed by atoms with Crippen LogP contribution in [-0.2, 0) is 0 Å². The summed E-state index contributed by atoms with van der Waals surface area (Å²) in [5, 5.41) is 0.336. The van der Waals surface area contributed by atoms with Gasteiger partial charge in [-0.1, -0.05) is 29.8 Å². The third-order valence-electron chi connectivity index (χ3n) is 1.12. The minimum atomic E-state index is -0.745. The minimum Gasteiger partial charge on any atom is -0.664 e. The molecule has 11 heavy (non-hydrogen) atoms. The van der Waals surface area contributed by atoms with Gasteiger partial charge in [0.1, 0.15) is 0 Å². The molecule has 0 saturated carbocycles. The number of halogens is 1. The van der Waals surface area contributed by atoms with Crippen molar-refractivity contribution in [2.45, 2.75) is 0 Å². The molecule has 0 unspecified atom stereocenters. The number of nitrogens with one attached hydrogen (secondary N) is 1. The first-order valence-electron chi connectivity index (χ1n) is 2.72. The number of hydrogen-bond acceptors (Lipinski definition) is 1. The largest absolute Gasteiger partial charge is 0.664 e. The first-order chi connectivity index (χ1) is 4.72. The molecule has 55 valence electrons. The van der Waals surface area contributed by atoms with Crippen molar-refractivity contribution in [3.8, 4) is 0 Å². The van der Waals surface area contributed by atoms with E-state index in [9.17, 15) is 4.79 Å². The van der Waals surface area contributed by atoms with E-state index in [-0.39, 0.29) is 46.9 Å². The molecular formula is C7H5ClNOPr-. The van der Waals surface area contributed by atoms with Crippen LogP contribution in [0, 0.1) is 41.3 Å². The molecule has 0 atom stereocenters. The number of carbonyl (C=O) groups is 1. The maximum Gasteiger partial charge on any atom is 0.0811 e. The van der Waals surface area contributed by atoms with Gasteiger partial charge in [-0.3, -0.25) is 0 Å². The molecule has 0 aromatic heterocycles. The second-order valence-electron chi connectivity index (χ2n) is 1.81. The van der Waals surface area contributed by atoms with Crippen molar-refractivity contribution in [3.05, 3.63) is 40.6 Å². The maximum atomic E-state index is 10.4. The van der Waals surface area contributed by atoms with Crippen LogP contribution in [0.25, 0.3) is 5.73 Å². The molecule has 0 aliphatic carbocycles. The van der Waals surface area contributed by atoms with E-state index in [0.29, 0.717) is 5.02 Å². The zero-order valence-corrected chi connectivity index (χ0v) is 10.1. The summed E-state index contributed by atoms with van der Waals surface area (Å²) in [6.45, 7) is 0. The number of rotatable bonds is 1. The first kappa shape index (κ1) is 11.3. The molecule has 2 nitrogen and oxygen atoms in total. The summed E-state index contributed by atoms with van der Waals surface area (Å²) in [4.78, 5) is 10.4. The van der Waals surface area contributed by atoms with E-state index in [1.807, 2.05) is 0 Å². The Bertz CT molecular complexity index is 264. The fraction of sp³-hybridized carbons (Fsp3) is 0. The number of amides is 1. The van der Waals surface area contributed by atoms with E-state index in [2.05, 4.69) is 0 Å². The summed E-state index contributed by atoms with van der Waals surface area (Å²) in [5.74, 6) is -0.745. The molecule has 0 bridgehead atoms. The molecule has 1 N–H and O–H groups in total. The average molecular weight is 295 g/mol. The van der Waals surface area contributed by atoms with Crippen LogP contribution in [0.1, 0.15) is 10.4 Å². The van der Waals surface area contributed by atoms with Gasteiger partial charge in [-0.25, -0.2) is 0 Å². The van der Waals surface area contributed by atoms with Crippen molar-refractivity contribution in [1.82, 2.24) is 0 Å². The molecule has 0 spiro atoms. The predicted octanol–water partition coefficient (Wildman–Crippen LogP) is 2.53. The molecule has 0 heterocycles. The van der Waals surface area contributed by atoms with Crippen molar-refractivity contribution in [1.29, 1.82) is 0 Å². The molecule has 0 fully saturated rings. The van der Waals surface area contributed by atoms with Gasteiger partial charge in [-0.15, -0.1) is 0 Å². The third kappa shape index (κ3) is 3.06. The Morgan fingerprint density at radius 3 is 2.27 bits per heavy atom. The molecule has 1 radical (unpaired) electrons. The Kier molecular flexibility index (Phi) is 5.23. The van der Waals surface area contributed by atoms with E-state index in [4.69, 9.17) is 17.3 Å². The molecular weight excluding hydrogens is 290 g/mol. The zero-order chi connectivity index (χ0) is 7.56. The van der Waals surface area contributed by atoms with Crippen LogP contribution in [0.15, 0.2) is 24.3 Å². The Labute approximate surface area is 103 Å². The van der Waals surface area contributed by atoms with Gasteiger partial charge >= 0.3 is 0 Å². The van der Waals surface area contributed by atoms with Crippen molar-refractivity contribution >= 4 is 17.5 Å². The first-order valence-corrected chi connectivity index (χ1v) is 3.10. The Hall–Kier alpha value is 0.344. The third-order valence-corrected chi connectivity index (χ3v) is 1.45. The summed E-state index contributed by atoms with van der Waals surface area (Å²) in [5.41, 5.74) is 6.99. The molecule has 0 saturated heterocycles. The zero-order valence-electron chi connectivity index (χ0n) is 5.67. The second kappa shape index (κ2) is 5.07. The van der Waals surface area contributed by atoms with Gasteiger partial charge in [0.05, 0.1) is 5.91 Å². The van der Waals surface area contributed by atoms with Crippen molar-refractivity contribution in [2.24, 2.45) is 0 Å². The predicted molar refractivity (Wildman–Crippen MR) is 40.1 cm³/mol. The summed E-state index contributed by atoms with van der Waals surface area (Å²) in [6.07, 6.45) is 0. The van der Waals surface area contributed by atoms with Crippen LogP contribution in [0.2, 0.25) is 5.02 Å². The molecule has 1 aromatic rings. The van der Waals surface area contributed by atoms with Gasteiger partial charge < -0.3 is 10.5 Å². The van der Waals surface area contributed by atoms with Crippen molar-refractivity contribution in [3.63, 3.8) is 0 Å². The standard InChI is InChI=1S/C7H6ClNO.Pr/c8-6-4-2-1-3-5(6)7(9)10;/h1-4H,(H2,9,10);/p-1. The van der Waals surface area contributed by atoms with Crippen LogP contribution in [0.5, 0.6) is 0 Å². The smallest absolute Gasteiger partial charge is 0.0811 e. The van der Waals surface area contributed by atoms with Crippen LogP contribution in [0.3, 0.4) is 0 Å². The quantitative estimate of drug-likeness (QED) is 0.785. The van der Waals surface area contributed by atoms with Crippen molar-refractivity contribution in [2.75, 3.05) is 0 Å². The normalized spacial score (nSPS) is 8.45. The summed E-state index contributed by atoms with van der Waals surface area (Å²) >= 11 is 5.58. The monoisotopic (exact) mass is 295 g/mol. The summed E-state index contributed by atoms with van der Waals surface area (Å²) < 4.78 is 0. The van der Waals surface area contributed by atoms with Gasteiger partial charge in [0.2, 0.25) is 0 Å². The average Bonchev–Trinajstić information content (AvgIpc) is 1.88. The van der Waals surface area contributed by atoms with Crippen LogP contribution < -0.4 is 0 Å². The Morgan fingerprint density at radius 2 is 1.91 bits per heavy atom. The molecule has 1 aromatic carbocycles. The molecule has 1 amide bonds. The molecule has 1 rings (SSSR count). The van der Waals surface area contributed by atoms with E-state index in [1.54, 1.807) is 18.2 Å². The molecule has 4 heteroatoms. The van der Waals surface area contributed by atoms with E-state index < -0.39 is 5.91 Å². The van der Waals surface area contributed by atoms with Crippen LogP contribution in [0.4, 0.5) is 0 Å². The summed E-state index contributed by atoms with van der Waals surface area (Å²) in [7, 11) is 0. The Morgan fingerprint density at radius 1 is 1.36 bits per heavy atom. The minimum absolute atomic E-state index is 0. The SMILES string of the molecule is [NH-]C(=O)c1ccccc1Cl.[Pr]. The second-order valence-corrected chi connectivity index (χ2v) is 2.22. The van der Waals surface area contributed by atoms with Gasteiger partial charge in [0, 0.05) is 51.9 Å². The van der Waals surface area contributed by atoms with Gasteiger partial charge in [0.25, 0.3) is 0 Å². The fourth-order valence-electron chi connectivity index (χ4n) is 0.645. The van der Waals surface area contributed by atoms with Crippen molar-refractivity contribution < 1.29 is 46.1 Å². The maximum absolute atomic E-state index is 10.4. The van der Waals surface area contributed by atoms with E-state index >= 15 is 0 Å². The number of hydrogen-bond donors (Lipinski definition) is 0. The number of carbonyl (C=O) groups excluding carboxylic acids is 1. The van der Waals surface area contributed by atoms with E-state index in [1.165, 1.54) is 6.07 Å². The summed E-state index contributed by atoms with van der Waals surface area (Å²) in [6, 6.07) is 6.50. The fourth-order valence-corrected chi connectivity index (χ4v) is 0.867.